The molecule has 1 aromatic rings. The number of hydrogen-bond donors (Lipinski definition) is 2. The number of carboxylic acid groups (broad SMARTS) is 1. The number of benzene rings is 1. The molecule has 100 valence electrons. The van der Waals surface area contributed by atoms with E-state index >= 15 is 0 Å². The molecule has 0 atom stereocenters. The molecule has 2 rings (SSSR count). The topological polar surface area (TPSA) is 81.8 Å². The molecule has 0 saturated carbocycles. The maximum Gasteiger partial charge on any atom is 0.317 e. The number of nitrogens with two attached hydrogens (primary N) is 1. The second-order valence-electron chi connectivity index (χ2n) is 3.96. The van der Waals surface area contributed by atoms with Crippen LogP contribution in [-0.2, 0) is 20.7 Å². The number of carbonyl (C=O) groups is 1. The van der Waals surface area contributed by atoms with Crippen LogP contribution in [0.2, 0.25) is 0 Å². The summed E-state index contributed by atoms with van der Waals surface area (Å²) in [6.45, 7) is 3.28. The minimum absolute atomic E-state index is 0.0253. The Morgan fingerprint density at radius 3 is 2.28 bits per heavy atom. The minimum atomic E-state index is -0.968. The van der Waals surface area contributed by atoms with E-state index in [-0.39, 0.29) is 12.8 Å². The molecule has 1 aromatic carbocycles. The van der Waals surface area contributed by atoms with E-state index in [4.69, 9.17) is 14.6 Å². The third kappa shape index (κ3) is 5.77. The SMILES string of the molecule is Cc1ccc(CC2OCCO2)cc1.NCC(=O)O. The number of aliphatic carboxylic acids is 1. The molecule has 3 N–H and O–H groups in total. The van der Waals surface area contributed by atoms with E-state index in [1.54, 1.807) is 0 Å². The molecule has 1 fully saturated rings. The van der Waals surface area contributed by atoms with Crippen molar-refractivity contribution in [1.82, 2.24) is 0 Å². The van der Waals surface area contributed by atoms with Gasteiger partial charge in [-0.15, -0.1) is 0 Å². The lowest BCUT2D eigenvalue weighted by atomic mass is 10.1. The van der Waals surface area contributed by atoms with E-state index in [2.05, 4.69) is 36.9 Å². The molecule has 1 saturated heterocycles. The van der Waals surface area contributed by atoms with Gasteiger partial charge in [0.15, 0.2) is 6.29 Å². The molecule has 1 aliphatic heterocycles. The van der Waals surface area contributed by atoms with Crippen LogP contribution in [-0.4, -0.2) is 37.1 Å². The number of rotatable bonds is 3. The Labute approximate surface area is 107 Å². The van der Waals surface area contributed by atoms with Gasteiger partial charge in [0, 0.05) is 6.42 Å². The molecule has 0 amide bonds. The van der Waals surface area contributed by atoms with E-state index < -0.39 is 5.97 Å². The third-order valence-corrected chi connectivity index (χ3v) is 2.39. The highest BCUT2D eigenvalue weighted by Gasteiger charge is 2.15. The van der Waals surface area contributed by atoms with Gasteiger partial charge < -0.3 is 20.3 Å². The van der Waals surface area contributed by atoms with E-state index in [0.717, 1.165) is 19.6 Å². The maximum absolute atomic E-state index is 9.24. The van der Waals surface area contributed by atoms with E-state index in [9.17, 15) is 4.79 Å². The molecule has 0 aromatic heterocycles. The van der Waals surface area contributed by atoms with Crippen LogP contribution in [0.25, 0.3) is 0 Å². The summed E-state index contributed by atoms with van der Waals surface area (Å²) in [4.78, 5) is 9.24. The van der Waals surface area contributed by atoms with Gasteiger partial charge in [0.25, 0.3) is 0 Å². The molecule has 5 nitrogen and oxygen atoms in total. The van der Waals surface area contributed by atoms with Crippen LogP contribution < -0.4 is 5.73 Å². The zero-order chi connectivity index (χ0) is 13.4. The standard InChI is InChI=1S/C11H14O2.C2H5NO2/c1-9-2-4-10(5-3-9)8-11-12-6-7-13-11;3-1-2(4)5/h2-5,11H,6-8H2,1H3;1,3H2,(H,4,5). The zero-order valence-corrected chi connectivity index (χ0v) is 10.5. The first-order valence-electron chi connectivity index (χ1n) is 5.82. The van der Waals surface area contributed by atoms with Crippen molar-refractivity contribution in [2.45, 2.75) is 19.6 Å². The summed E-state index contributed by atoms with van der Waals surface area (Å²) in [6.07, 6.45) is 0.836. The lowest BCUT2D eigenvalue weighted by Gasteiger charge is -2.08. The van der Waals surface area contributed by atoms with Crippen molar-refractivity contribution in [3.63, 3.8) is 0 Å². The van der Waals surface area contributed by atoms with Gasteiger partial charge in [-0.05, 0) is 12.5 Å². The zero-order valence-electron chi connectivity index (χ0n) is 10.5. The third-order valence-electron chi connectivity index (χ3n) is 2.39. The Bertz CT molecular complexity index is 358. The van der Waals surface area contributed by atoms with Crippen LogP contribution >= 0.6 is 0 Å². The summed E-state index contributed by atoms with van der Waals surface area (Å²) in [5.74, 6) is -0.968. The van der Waals surface area contributed by atoms with Crippen molar-refractivity contribution >= 4 is 5.97 Å². The predicted octanol–water partition coefficient (Wildman–Crippen LogP) is 0.940. The Balaban J connectivity index is 0.000000280. The lowest BCUT2D eigenvalue weighted by Crippen LogP contribution is -2.10. The predicted molar refractivity (Wildman–Crippen MR) is 67.3 cm³/mol. The number of carboxylic acids is 1. The van der Waals surface area contributed by atoms with Crippen LogP contribution in [0.15, 0.2) is 24.3 Å². The molecule has 1 heterocycles. The van der Waals surface area contributed by atoms with Crippen LogP contribution in [0.5, 0.6) is 0 Å². The molecular formula is C13H19NO4. The van der Waals surface area contributed by atoms with Gasteiger partial charge in [0.05, 0.1) is 19.8 Å². The number of hydrogen-bond acceptors (Lipinski definition) is 4. The van der Waals surface area contributed by atoms with E-state index in [0.29, 0.717) is 0 Å². The minimum Gasteiger partial charge on any atom is -0.480 e. The van der Waals surface area contributed by atoms with Crippen LogP contribution in [0.4, 0.5) is 0 Å². The largest absolute Gasteiger partial charge is 0.480 e. The second-order valence-corrected chi connectivity index (χ2v) is 3.96. The summed E-state index contributed by atoms with van der Waals surface area (Å²) in [5, 5.41) is 7.60. The Kier molecular flexibility index (Phi) is 6.35. The first kappa shape index (κ1) is 14.6. The fourth-order valence-electron chi connectivity index (χ4n) is 1.44. The van der Waals surface area contributed by atoms with Crippen molar-refractivity contribution < 1.29 is 19.4 Å². The Morgan fingerprint density at radius 1 is 1.33 bits per heavy atom. The Hall–Kier alpha value is -1.43. The highest BCUT2D eigenvalue weighted by Crippen LogP contribution is 2.12. The van der Waals surface area contributed by atoms with Gasteiger partial charge in [0.1, 0.15) is 0 Å². The molecule has 0 radical (unpaired) electrons. The molecule has 1 aliphatic rings. The van der Waals surface area contributed by atoms with Gasteiger partial charge in [-0.25, -0.2) is 0 Å². The summed E-state index contributed by atoms with van der Waals surface area (Å²) in [6, 6.07) is 8.48. The van der Waals surface area contributed by atoms with Crippen molar-refractivity contribution in [1.29, 1.82) is 0 Å². The van der Waals surface area contributed by atoms with Gasteiger partial charge in [-0.3, -0.25) is 4.79 Å². The number of aryl methyl sites for hydroxylation is 1. The second kappa shape index (κ2) is 7.81. The highest BCUT2D eigenvalue weighted by atomic mass is 16.7. The average molecular weight is 253 g/mol. The molecule has 0 spiro atoms. The van der Waals surface area contributed by atoms with Gasteiger partial charge in [-0.1, -0.05) is 29.8 Å². The molecule has 0 unspecified atom stereocenters. The molecular weight excluding hydrogens is 234 g/mol. The van der Waals surface area contributed by atoms with Crippen molar-refractivity contribution in [3.05, 3.63) is 35.4 Å². The fraction of sp³-hybridized carbons (Fsp3) is 0.462. The van der Waals surface area contributed by atoms with Crippen LogP contribution in [0.3, 0.4) is 0 Å². The van der Waals surface area contributed by atoms with Crippen molar-refractivity contribution in [2.24, 2.45) is 5.73 Å². The quantitative estimate of drug-likeness (QED) is 0.837. The molecule has 0 aliphatic carbocycles. The monoisotopic (exact) mass is 253 g/mol. The first-order valence-corrected chi connectivity index (χ1v) is 5.82. The highest BCUT2D eigenvalue weighted by molar-refractivity contribution is 5.68. The van der Waals surface area contributed by atoms with E-state index in [1.165, 1.54) is 11.1 Å². The number of ether oxygens (including phenoxy) is 2. The molecule has 18 heavy (non-hydrogen) atoms. The smallest absolute Gasteiger partial charge is 0.317 e. The van der Waals surface area contributed by atoms with Gasteiger partial charge in [0.2, 0.25) is 0 Å². The Morgan fingerprint density at radius 2 is 1.83 bits per heavy atom. The summed E-state index contributed by atoms with van der Waals surface area (Å²) in [7, 11) is 0. The van der Waals surface area contributed by atoms with Gasteiger partial charge in [-0.2, -0.15) is 0 Å². The molecule has 0 bridgehead atoms. The van der Waals surface area contributed by atoms with Gasteiger partial charge >= 0.3 is 5.97 Å². The van der Waals surface area contributed by atoms with Crippen LogP contribution in [0.1, 0.15) is 11.1 Å². The maximum atomic E-state index is 9.24. The lowest BCUT2D eigenvalue weighted by molar-refractivity contribution is -0.135. The molecule has 5 heteroatoms. The average Bonchev–Trinajstić information content (AvgIpc) is 2.86. The summed E-state index contributed by atoms with van der Waals surface area (Å²) < 4.78 is 10.7. The van der Waals surface area contributed by atoms with Crippen molar-refractivity contribution in [2.75, 3.05) is 19.8 Å². The van der Waals surface area contributed by atoms with Crippen LogP contribution in [0, 0.1) is 6.92 Å². The fourth-order valence-corrected chi connectivity index (χ4v) is 1.44. The normalized spacial score (nSPS) is 15.0. The van der Waals surface area contributed by atoms with E-state index in [1.807, 2.05) is 0 Å². The summed E-state index contributed by atoms with van der Waals surface area (Å²) >= 11 is 0. The summed E-state index contributed by atoms with van der Waals surface area (Å²) in [5.41, 5.74) is 7.14. The first-order chi connectivity index (χ1) is 8.61. The van der Waals surface area contributed by atoms with Crippen molar-refractivity contribution in [3.8, 4) is 0 Å².